The fourth-order valence-corrected chi connectivity index (χ4v) is 2.24. The molecule has 2 aliphatic rings. The van der Waals surface area contributed by atoms with Crippen LogP contribution in [0.4, 0.5) is 0 Å². The van der Waals surface area contributed by atoms with Gasteiger partial charge in [-0.25, -0.2) is 0 Å². The molecular weight excluding hydrogens is 260 g/mol. The lowest BCUT2D eigenvalue weighted by atomic mass is 10.2. The minimum absolute atomic E-state index is 0.157. The fraction of sp³-hybridized carbons (Fsp3) is 0.500. The number of hydrogen-bond acceptors (Lipinski definition) is 5. The summed E-state index contributed by atoms with van der Waals surface area (Å²) in [5.74, 6) is 1.13. The summed E-state index contributed by atoms with van der Waals surface area (Å²) in [5.41, 5.74) is 0. The smallest absolute Gasteiger partial charge is 0.264 e. The molecule has 108 valence electrons. The van der Waals surface area contributed by atoms with Gasteiger partial charge in [-0.2, -0.15) is 0 Å². The van der Waals surface area contributed by atoms with Crippen LogP contribution in [0.1, 0.15) is 0 Å². The topological polar surface area (TPSA) is 68.8 Å². The highest BCUT2D eigenvalue weighted by Crippen LogP contribution is 2.30. The molecule has 0 aliphatic carbocycles. The number of para-hydroxylation sites is 2. The van der Waals surface area contributed by atoms with E-state index >= 15 is 0 Å². The van der Waals surface area contributed by atoms with Gasteiger partial charge in [0.1, 0.15) is 6.61 Å². The van der Waals surface area contributed by atoms with Crippen LogP contribution in [0.5, 0.6) is 11.5 Å². The molecule has 0 radical (unpaired) electrons. The molecule has 3 rings (SSSR count). The molecule has 0 spiro atoms. The normalized spacial score (nSPS) is 25.0. The van der Waals surface area contributed by atoms with Crippen LogP contribution in [0, 0.1) is 0 Å². The fourth-order valence-electron chi connectivity index (χ4n) is 2.24. The molecule has 2 N–H and O–H groups in total. The highest BCUT2D eigenvalue weighted by Gasteiger charge is 2.27. The van der Waals surface area contributed by atoms with Crippen LogP contribution >= 0.6 is 0 Å². The van der Waals surface area contributed by atoms with Crippen LogP contribution in [0.15, 0.2) is 24.3 Å². The maximum Gasteiger partial charge on any atom is 0.264 e. The Balaban J connectivity index is 1.51. The Labute approximate surface area is 117 Å². The van der Waals surface area contributed by atoms with Gasteiger partial charge in [0.25, 0.3) is 5.91 Å². The second kappa shape index (κ2) is 6.11. The molecule has 6 heteroatoms. The number of fused-ring (bicyclic) bond motifs is 1. The number of hydrogen-bond donors (Lipinski definition) is 2. The molecule has 1 aromatic rings. The van der Waals surface area contributed by atoms with Gasteiger partial charge in [-0.1, -0.05) is 12.1 Å². The monoisotopic (exact) mass is 278 g/mol. The summed E-state index contributed by atoms with van der Waals surface area (Å²) in [4.78, 5) is 12.1. The van der Waals surface area contributed by atoms with E-state index in [-0.39, 0.29) is 18.6 Å². The molecule has 1 aromatic carbocycles. The van der Waals surface area contributed by atoms with E-state index in [1.807, 2.05) is 18.2 Å². The highest BCUT2D eigenvalue weighted by molar-refractivity contribution is 5.81. The number of carbonyl (C=O) groups is 1. The zero-order valence-corrected chi connectivity index (χ0v) is 11.1. The summed E-state index contributed by atoms with van der Waals surface area (Å²) in [5, 5.41) is 6.15. The SMILES string of the molecule is O=C(NCC1COCCN1)C1COc2ccccc2O1. The van der Waals surface area contributed by atoms with E-state index in [1.165, 1.54) is 0 Å². The highest BCUT2D eigenvalue weighted by atomic mass is 16.6. The predicted octanol–water partition coefficient (Wildman–Crippen LogP) is -0.0690. The van der Waals surface area contributed by atoms with Crippen LogP contribution in [0.25, 0.3) is 0 Å². The molecule has 2 unspecified atom stereocenters. The molecule has 20 heavy (non-hydrogen) atoms. The van der Waals surface area contributed by atoms with Gasteiger partial charge in [-0.05, 0) is 12.1 Å². The lowest BCUT2D eigenvalue weighted by molar-refractivity contribution is -0.130. The molecule has 1 fully saturated rings. The molecule has 1 saturated heterocycles. The lowest BCUT2D eigenvalue weighted by Crippen LogP contribution is -2.51. The number of morpholine rings is 1. The van der Waals surface area contributed by atoms with Gasteiger partial charge < -0.3 is 24.8 Å². The van der Waals surface area contributed by atoms with E-state index in [0.29, 0.717) is 24.7 Å². The number of nitrogens with one attached hydrogen (secondary N) is 2. The summed E-state index contributed by atoms with van der Waals surface area (Å²) >= 11 is 0. The van der Waals surface area contributed by atoms with Gasteiger partial charge >= 0.3 is 0 Å². The maximum absolute atomic E-state index is 12.1. The Kier molecular flexibility index (Phi) is 4.03. The van der Waals surface area contributed by atoms with Crippen molar-refractivity contribution in [2.75, 3.05) is 32.9 Å². The van der Waals surface area contributed by atoms with Crippen molar-refractivity contribution in [2.45, 2.75) is 12.1 Å². The first-order valence-electron chi connectivity index (χ1n) is 6.80. The van der Waals surface area contributed by atoms with Crippen molar-refractivity contribution in [1.29, 1.82) is 0 Å². The van der Waals surface area contributed by atoms with Crippen molar-refractivity contribution in [3.63, 3.8) is 0 Å². The number of benzene rings is 1. The van der Waals surface area contributed by atoms with E-state index in [1.54, 1.807) is 6.07 Å². The van der Waals surface area contributed by atoms with E-state index in [2.05, 4.69) is 10.6 Å². The van der Waals surface area contributed by atoms with Gasteiger partial charge in [0.05, 0.1) is 13.2 Å². The average Bonchev–Trinajstić information content (AvgIpc) is 2.53. The number of rotatable bonds is 3. The van der Waals surface area contributed by atoms with Crippen molar-refractivity contribution in [2.24, 2.45) is 0 Å². The van der Waals surface area contributed by atoms with E-state index < -0.39 is 6.10 Å². The molecule has 0 saturated carbocycles. The molecule has 2 atom stereocenters. The largest absolute Gasteiger partial charge is 0.485 e. The first-order chi connectivity index (χ1) is 9.83. The van der Waals surface area contributed by atoms with E-state index in [0.717, 1.165) is 13.2 Å². The minimum Gasteiger partial charge on any atom is -0.485 e. The average molecular weight is 278 g/mol. The van der Waals surface area contributed by atoms with Crippen LogP contribution < -0.4 is 20.1 Å². The second-order valence-electron chi connectivity index (χ2n) is 4.84. The van der Waals surface area contributed by atoms with Crippen molar-refractivity contribution in [1.82, 2.24) is 10.6 Å². The molecule has 0 bridgehead atoms. The second-order valence-corrected chi connectivity index (χ2v) is 4.84. The van der Waals surface area contributed by atoms with Gasteiger partial charge in [0, 0.05) is 19.1 Å². The zero-order valence-electron chi connectivity index (χ0n) is 11.1. The Morgan fingerprint density at radius 1 is 1.30 bits per heavy atom. The van der Waals surface area contributed by atoms with Crippen molar-refractivity contribution >= 4 is 5.91 Å². The first-order valence-corrected chi connectivity index (χ1v) is 6.80. The molecule has 0 aromatic heterocycles. The molecule has 2 aliphatic heterocycles. The van der Waals surface area contributed by atoms with Crippen molar-refractivity contribution < 1.29 is 19.0 Å². The zero-order chi connectivity index (χ0) is 13.8. The number of amides is 1. The molecule has 2 heterocycles. The van der Waals surface area contributed by atoms with Gasteiger partial charge in [-0.3, -0.25) is 4.79 Å². The van der Waals surface area contributed by atoms with Crippen LogP contribution in [-0.4, -0.2) is 51.0 Å². The van der Waals surface area contributed by atoms with E-state index in [9.17, 15) is 4.79 Å². The van der Waals surface area contributed by atoms with Crippen molar-refractivity contribution in [3.05, 3.63) is 24.3 Å². The summed E-state index contributed by atoms with van der Waals surface area (Å²) in [7, 11) is 0. The Morgan fingerprint density at radius 3 is 2.95 bits per heavy atom. The maximum atomic E-state index is 12.1. The summed E-state index contributed by atoms with van der Waals surface area (Å²) < 4.78 is 16.5. The minimum atomic E-state index is -0.602. The third-order valence-electron chi connectivity index (χ3n) is 3.32. The Bertz CT molecular complexity index is 474. The first kappa shape index (κ1) is 13.2. The van der Waals surface area contributed by atoms with Crippen molar-refractivity contribution in [3.8, 4) is 11.5 Å². The summed E-state index contributed by atoms with van der Waals surface area (Å²) in [6.45, 7) is 2.92. The van der Waals surface area contributed by atoms with E-state index in [4.69, 9.17) is 14.2 Å². The number of carbonyl (C=O) groups excluding carboxylic acids is 1. The third kappa shape index (κ3) is 3.02. The van der Waals surface area contributed by atoms with Crippen LogP contribution in [0.2, 0.25) is 0 Å². The van der Waals surface area contributed by atoms with Crippen LogP contribution in [0.3, 0.4) is 0 Å². The third-order valence-corrected chi connectivity index (χ3v) is 3.32. The Morgan fingerprint density at radius 2 is 2.15 bits per heavy atom. The Hall–Kier alpha value is -1.79. The van der Waals surface area contributed by atoms with Gasteiger partial charge in [0.2, 0.25) is 6.10 Å². The lowest BCUT2D eigenvalue weighted by Gasteiger charge is -2.27. The standard InChI is InChI=1S/C14H18N2O4/c17-14(16-7-10-8-18-6-5-15-10)13-9-19-11-3-1-2-4-12(11)20-13/h1-4,10,13,15H,5-9H2,(H,16,17). The molecule has 6 nitrogen and oxygen atoms in total. The summed E-state index contributed by atoms with van der Waals surface area (Å²) in [6.07, 6.45) is -0.602. The quantitative estimate of drug-likeness (QED) is 0.810. The van der Waals surface area contributed by atoms with Gasteiger partial charge in [-0.15, -0.1) is 0 Å². The van der Waals surface area contributed by atoms with Gasteiger partial charge in [0.15, 0.2) is 11.5 Å². The molecule has 1 amide bonds. The predicted molar refractivity (Wildman–Crippen MR) is 72.0 cm³/mol. The summed E-state index contributed by atoms with van der Waals surface area (Å²) in [6, 6.07) is 7.51. The molecular formula is C14H18N2O4. The van der Waals surface area contributed by atoms with Crippen LogP contribution in [-0.2, 0) is 9.53 Å². The number of ether oxygens (including phenoxy) is 3.